The number of hydrogen-bond donors (Lipinski definition) is 2. The molecule has 0 saturated carbocycles. The zero-order valence-electron chi connectivity index (χ0n) is 16.8. The molecule has 0 bridgehead atoms. The van der Waals surface area contributed by atoms with Crippen molar-refractivity contribution in [3.05, 3.63) is 71.4 Å². The lowest BCUT2D eigenvalue weighted by Gasteiger charge is -2.20. The Morgan fingerprint density at radius 1 is 1.16 bits per heavy atom. The monoisotopic (exact) mass is 431 g/mol. The molecule has 0 spiro atoms. The molecule has 31 heavy (non-hydrogen) atoms. The molecule has 7 nitrogen and oxygen atoms in total. The van der Waals surface area contributed by atoms with Crippen molar-refractivity contribution in [1.82, 2.24) is 19.7 Å². The highest BCUT2D eigenvalue weighted by Crippen LogP contribution is 2.36. The summed E-state index contributed by atoms with van der Waals surface area (Å²) in [5.74, 6) is -0.999. The molecule has 3 aromatic heterocycles. The molecule has 5 rings (SSSR count). The molecular formula is C23H18ClN5O2. The number of hydrogen-bond acceptors (Lipinski definition) is 4. The van der Waals surface area contributed by atoms with Crippen LogP contribution in [0.4, 0.5) is 11.4 Å². The molecule has 0 aliphatic heterocycles. The van der Waals surface area contributed by atoms with Crippen LogP contribution in [0.25, 0.3) is 33.3 Å². The summed E-state index contributed by atoms with van der Waals surface area (Å²) in [7, 11) is 3.84. The number of nitrogens with zero attached hydrogens (tertiary/aromatic N) is 4. The molecule has 2 aromatic carbocycles. The van der Waals surface area contributed by atoms with Gasteiger partial charge in [0.05, 0.1) is 33.7 Å². The molecule has 0 aliphatic rings. The fourth-order valence-corrected chi connectivity index (χ4v) is 4.13. The molecule has 8 heteroatoms. The predicted molar refractivity (Wildman–Crippen MR) is 122 cm³/mol. The first-order valence-corrected chi connectivity index (χ1v) is 9.98. The average molecular weight is 432 g/mol. The Kier molecular flexibility index (Phi) is 4.41. The quantitative estimate of drug-likeness (QED) is 0.406. The summed E-state index contributed by atoms with van der Waals surface area (Å²) in [6, 6.07) is 17.0. The van der Waals surface area contributed by atoms with Crippen LogP contribution < -0.4 is 4.90 Å². The van der Waals surface area contributed by atoms with Crippen molar-refractivity contribution in [2.45, 2.75) is 0 Å². The van der Waals surface area contributed by atoms with Crippen molar-refractivity contribution in [2.75, 3.05) is 11.9 Å². The molecule has 0 aliphatic carbocycles. The molecule has 0 fully saturated rings. The summed E-state index contributed by atoms with van der Waals surface area (Å²) in [4.78, 5) is 21.2. The number of carboxylic acids is 1. The molecule has 0 amide bonds. The van der Waals surface area contributed by atoms with E-state index in [1.54, 1.807) is 4.68 Å². The number of carboxylic acid groups (broad SMARTS) is 1. The van der Waals surface area contributed by atoms with Crippen molar-refractivity contribution in [2.24, 2.45) is 7.05 Å². The van der Waals surface area contributed by atoms with Crippen LogP contribution in [0.15, 0.2) is 60.8 Å². The van der Waals surface area contributed by atoms with Crippen LogP contribution in [0.5, 0.6) is 0 Å². The maximum atomic E-state index is 11.6. The zero-order valence-corrected chi connectivity index (χ0v) is 17.6. The molecule has 0 atom stereocenters. The molecule has 0 radical (unpaired) electrons. The summed E-state index contributed by atoms with van der Waals surface area (Å²) in [5.41, 5.74) is 5.59. The minimum atomic E-state index is -0.999. The molecular weight excluding hydrogens is 414 g/mol. The highest BCUT2D eigenvalue weighted by molar-refractivity contribution is 6.30. The van der Waals surface area contributed by atoms with Gasteiger partial charge in [-0.05, 0) is 36.4 Å². The predicted octanol–water partition coefficient (Wildman–Crippen LogP) is 5.24. The average Bonchev–Trinajstić information content (AvgIpc) is 3.32. The van der Waals surface area contributed by atoms with Crippen LogP contribution in [0, 0.1) is 0 Å². The van der Waals surface area contributed by atoms with E-state index in [0.29, 0.717) is 16.1 Å². The number of aromatic amines is 1. The van der Waals surface area contributed by atoms with E-state index in [9.17, 15) is 9.90 Å². The second-order valence-corrected chi connectivity index (χ2v) is 7.73. The van der Waals surface area contributed by atoms with E-state index in [4.69, 9.17) is 16.7 Å². The maximum absolute atomic E-state index is 11.6. The zero-order chi connectivity index (χ0) is 21.7. The fourth-order valence-electron chi connectivity index (χ4n) is 3.95. The van der Waals surface area contributed by atoms with Crippen molar-refractivity contribution < 1.29 is 9.90 Å². The van der Waals surface area contributed by atoms with Gasteiger partial charge in [-0.25, -0.2) is 4.79 Å². The number of benzene rings is 2. The number of carbonyl (C=O) groups is 1. The van der Waals surface area contributed by atoms with Gasteiger partial charge in [0.25, 0.3) is 0 Å². The number of aromatic carboxylic acids is 1. The van der Waals surface area contributed by atoms with Crippen LogP contribution in [0.2, 0.25) is 5.02 Å². The number of aryl methyl sites for hydroxylation is 1. The number of pyridine rings is 1. The van der Waals surface area contributed by atoms with E-state index in [-0.39, 0.29) is 5.56 Å². The van der Waals surface area contributed by atoms with Crippen LogP contribution >= 0.6 is 11.6 Å². The van der Waals surface area contributed by atoms with Gasteiger partial charge in [0, 0.05) is 36.4 Å². The molecule has 2 N–H and O–H groups in total. The van der Waals surface area contributed by atoms with Gasteiger partial charge in [-0.1, -0.05) is 29.8 Å². The topological polar surface area (TPSA) is 87.0 Å². The summed E-state index contributed by atoms with van der Waals surface area (Å²) >= 11 is 6.18. The van der Waals surface area contributed by atoms with E-state index >= 15 is 0 Å². The summed E-state index contributed by atoms with van der Waals surface area (Å²) in [5, 5.41) is 15.9. The Balaban J connectivity index is 1.69. The number of halogens is 1. The number of anilines is 2. The van der Waals surface area contributed by atoms with Gasteiger partial charge < -0.3 is 15.0 Å². The number of fused-ring (bicyclic) bond motifs is 2. The van der Waals surface area contributed by atoms with Gasteiger partial charge in [-0.15, -0.1) is 0 Å². The molecule has 5 aromatic rings. The molecule has 3 heterocycles. The standard InChI is InChI=1S/C23H18ClN5O2/c1-28(14-6-3-5-13(24)11-14)19-8-4-7-15-21(19)27-29(2)22(15)18-12-17-20(26-18)16(23(30)31)9-10-25-17/h3-12,26H,1-2H3,(H,30,31). The van der Waals surface area contributed by atoms with E-state index < -0.39 is 5.97 Å². The van der Waals surface area contributed by atoms with Crippen molar-refractivity contribution in [3.63, 3.8) is 0 Å². The normalized spacial score (nSPS) is 11.3. The number of rotatable bonds is 4. The Labute approximate surface area is 182 Å². The first kappa shape index (κ1) is 19.1. The Morgan fingerprint density at radius 3 is 2.74 bits per heavy atom. The SMILES string of the molecule is CN(c1cccc(Cl)c1)c1cccc2c(-c3cc4nccc(C(=O)O)c4[nH]3)n(C)nc12. The third-order valence-corrected chi connectivity index (χ3v) is 5.64. The van der Waals surface area contributed by atoms with Gasteiger partial charge in [0.2, 0.25) is 0 Å². The van der Waals surface area contributed by atoms with Gasteiger partial charge in [0.15, 0.2) is 0 Å². The van der Waals surface area contributed by atoms with Crippen molar-refractivity contribution >= 4 is 50.9 Å². The Bertz CT molecular complexity index is 1470. The van der Waals surface area contributed by atoms with Crippen LogP contribution in [-0.2, 0) is 7.05 Å². The van der Waals surface area contributed by atoms with Crippen LogP contribution in [0.3, 0.4) is 0 Å². The smallest absolute Gasteiger partial charge is 0.337 e. The van der Waals surface area contributed by atoms with Crippen molar-refractivity contribution in [3.8, 4) is 11.4 Å². The van der Waals surface area contributed by atoms with Crippen LogP contribution in [0.1, 0.15) is 10.4 Å². The minimum absolute atomic E-state index is 0.184. The Morgan fingerprint density at radius 2 is 1.97 bits per heavy atom. The summed E-state index contributed by atoms with van der Waals surface area (Å²) < 4.78 is 1.80. The molecule has 154 valence electrons. The number of H-pyrrole nitrogens is 1. The van der Waals surface area contributed by atoms with E-state index in [2.05, 4.69) is 9.97 Å². The van der Waals surface area contributed by atoms with E-state index in [1.165, 1.54) is 12.3 Å². The first-order chi connectivity index (χ1) is 14.9. The summed E-state index contributed by atoms with van der Waals surface area (Å²) in [6.45, 7) is 0. The Hall–Kier alpha value is -3.84. The fraction of sp³-hybridized carbons (Fsp3) is 0.0870. The van der Waals surface area contributed by atoms with Crippen LogP contribution in [-0.4, -0.2) is 37.9 Å². The summed E-state index contributed by atoms with van der Waals surface area (Å²) in [6.07, 6.45) is 1.50. The highest BCUT2D eigenvalue weighted by Gasteiger charge is 2.20. The first-order valence-electron chi connectivity index (χ1n) is 9.60. The maximum Gasteiger partial charge on any atom is 0.337 e. The second-order valence-electron chi connectivity index (χ2n) is 7.29. The van der Waals surface area contributed by atoms with Gasteiger partial charge in [0.1, 0.15) is 5.52 Å². The van der Waals surface area contributed by atoms with Gasteiger partial charge in [-0.2, -0.15) is 5.10 Å². The lowest BCUT2D eigenvalue weighted by atomic mass is 10.1. The van der Waals surface area contributed by atoms with E-state index in [0.717, 1.165) is 33.7 Å². The third-order valence-electron chi connectivity index (χ3n) is 5.41. The van der Waals surface area contributed by atoms with E-state index in [1.807, 2.05) is 67.5 Å². The molecule has 0 saturated heterocycles. The lowest BCUT2D eigenvalue weighted by molar-refractivity contribution is 0.0698. The highest BCUT2D eigenvalue weighted by atomic mass is 35.5. The lowest BCUT2D eigenvalue weighted by Crippen LogP contribution is -2.09. The second kappa shape index (κ2) is 7.14. The minimum Gasteiger partial charge on any atom is -0.478 e. The largest absolute Gasteiger partial charge is 0.478 e. The number of nitrogens with one attached hydrogen (secondary N) is 1. The number of aromatic nitrogens is 4. The third kappa shape index (κ3) is 3.10. The molecule has 0 unspecified atom stereocenters. The van der Waals surface area contributed by atoms with Gasteiger partial charge >= 0.3 is 5.97 Å². The van der Waals surface area contributed by atoms with Crippen molar-refractivity contribution in [1.29, 1.82) is 0 Å². The van der Waals surface area contributed by atoms with Gasteiger partial charge in [-0.3, -0.25) is 9.67 Å².